The number of anilines is 1. The number of nitrogens with one attached hydrogen (secondary N) is 1. The minimum atomic E-state index is -0.579. The van der Waals surface area contributed by atoms with Crippen LogP contribution in [0.5, 0.6) is 17.2 Å². The van der Waals surface area contributed by atoms with Gasteiger partial charge >= 0.3 is 0 Å². The predicted molar refractivity (Wildman–Crippen MR) is 126 cm³/mol. The Kier molecular flexibility index (Phi) is 7.37. The summed E-state index contributed by atoms with van der Waals surface area (Å²) >= 11 is 1.34. The second kappa shape index (κ2) is 10.2. The number of hydrogen-bond donors (Lipinski definition) is 2. The van der Waals surface area contributed by atoms with Crippen molar-refractivity contribution >= 4 is 28.2 Å². The molecule has 168 valence electrons. The van der Waals surface area contributed by atoms with Crippen molar-refractivity contribution in [3.05, 3.63) is 58.5 Å². The van der Waals surface area contributed by atoms with E-state index in [1.54, 1.807) is 20.3 Å². The van der Waals surface area contributed by atoms with Crippen LogP contribution in [-0.4, -0.2) is 33.1 Å². The van der Waals surface area contributed by atoms with Crippen LogP contribution in [0.1, 0.15) is 27.2 Å². The Hall–Kier alpha value is -3.52. The van der Waals surface area contributed by atoms with Crippen LogP contribution in [-0.2, 0) is 11.2 Å². The molecule has 7 nitrogen and oxygen atoms in total. The molecular formula is C24H26N2O5S. The summed E-state index contributed by atoms with van der Waals surface area (Å²) in [5, 5.41) is 3.32. The van der Waals surface area contributed by atoms with Crippen LogP contribution >= 0.6 is 11.3 Å². The number of nitrogens with two attached hydrogens (primary N) is 1. The third-order valence-corrected chi connectivity index (χ3v) is 6.07. The van der Waals surface area contributed by atoms with E-state index in [-0.39, 0.29) is 12.3 Å². The Morgan fingerprint density at radius 3 is 2.25 bits per heavy atom. The van der Waals surface area contributed by atoms with Crippen molar-refractivity contribution in [2.75, 3.05) is 26.6 Å². The molecule has 32 heavy (non-hydrogen) atoms. The molecule has 1 aromatic heterocycles. The van der Waals surface area contributed by atoms with Crippen LogP contribution in [0.15, 0.2) is 42.5 Å². The molecule has 2 aromatic carbocycles. The summed E-state index contributed by atoms with van der Waals surface area (Å²) in [5.41, 5.74) is 8.45. The van der Waals surface area contributed by atoms with E-state index in [9.17, 15) is 9.59 Å². The molecule has 8 heteroatoms. The highest BCUT2D eigenvalue weighted by Gasteiger charge is 2.23. The van der Waals surface area contributed by atoms with Crippen LogP contribution < -0.4 is 25.3 Å². The normalized spacial score (nSPS) is 10.5. The van der Waals surface area contributed by atoms with E-state index in [0.29, 0.717) is 34.2 Å². The number of ether oxygens (including phenoxy) is 3. The number of hydrogen-bond acceptors (Lipinski definition) is 6. The summed E-state index contributed by atoms with van der Waals surface area (Å²) in [4.78, 5) is 25.9. The molecule has 0 unspecified atom stereocenters. The number of aryl methyl sites for hydroxylation is 2. The van der Waals surface area contributed by atoms with Crippen LogP contribution in [0.4, 0.5) is 5.00 Å². The lowest BCUT2D eigenvalue weighted by Crippen LogP contribution is -2.17. The first kappa shape index (κ1) is 23.1. The minimum Gasteiger partial charge on any atom is -0.493 e. The summed E-state index contributed by atoms with van der Waals surface area (Å²) in [7, 11) is 4.62. The number of primary amides is 1. The highest BCUT2D eigenvalue weighted by atomic mass is 32.1. The van der Waals surface area contributed by atoms with Crippen LogP contribution in [0.2, 0.25) is 0 Å². The van der Waals surface area contributed by atoms with Gasteiger partial charge in [0.05, 0.1) is 26.9 Å². The number of thiophene rings is 1. The summed E-state index contributed by atoms with van der Waals surface area (Å²) in [5.74, 6) is 0.738. The predicted octanol–water partition coefficient (Wildman–Crippen LogP) is 4.42. The first-order valence-corrected chi connectivity index (χ1v) is 10.8. The zero-order valence-corrected chi connectivity index (χ0v) is 19.3. The van der Waals surface area contributed by atoms with Crippen molar-refractivity contribution in [3.63, 3.8) is 0 Å². The molecule has 0 aliphatic heterocycles. The maximum Gasteiger partial charge on any atom is 0.252 e. The topological polar surface area (TPSA) is 99.9 Å². The fourth-order valence-corrected chi connectivity index (χ4v) is 4.72. The molecule has 2 amide bonds. The van der Waals surface area contributed by atoms with E-state index in [2.05, 4.69) is 5.32 Å². The van der Waals surface area contributed by atoms with Gasteiger partial charge in [0.1, 0.15) is 5.00 Å². The standard InChI is InChI=1S/C24H26N2O5S/c1-14-19(15-8-6-5-7-9-15)20(23(25)28)24(32-14)26-18(27)13-11-16-10-12-17(29-2)22(31-4)21(16)30-3/h5-10,12H,11,13H2,1-4H3,(H2,25,28)(H,26,27). The van der Waals surface area contributed by atoms with Crippen molar-refractivity contribution in [3.8, 4) is 28.4 Å². The molecule has 0 saturated carbocycles. The zero-order chi connectivity index (χ0) is 23.3. The van der Waals surface area contributed by atoms with Crippen molar-refractivity contribution in [1.82, 2.24) is 0 Å². The van der Waals surface area contributed by atoms with Gasteiger partial charge in [0.2, 0.25) is 11.7 Å². The Balaban J connectivity index is 1.81. The summed E-state index contributed by atoms with van der Waals surface area (Å²) < 4.78 is 16.2. The number of rotatable bonds is 9. The minimum absolute atomic E-state index is 0.182. The maximum atomic E-state index is 12.7. The zero-order valence-electron chi connectivity index (χ0n) is 18.5. The molecule has 1 heterocycles. The van der Waals surface area contributed by atoms with Gasteiger partial charge in [-0.3, -0.25) is 9.59 Å². The number of benzene rings is 2. The van der Waals surface area contributed by atoms with Gasteiger partial charge in [-0.15, -0.1) is 11.3 Å². The molecule has 0 atom stereocenters. The molecule has 0 radical (unpaired) electrons. The quantitative estimate of drug-likeness (QED) is 0.499. The van der Waals surface area contributed by atoms with Crippen LogP contribution in [0.3, 0.4) is 0 Å². The van der Waals surface area contributed by atoms with Crippen LogP contribution in [0, 0.1) is 6.92 Å². The van der Waals surface area contributed by atoms with E-state index >= 15 is 0 Å². The van der Waals surface area contributed by atoms with Gasteiger partial charge in [0.25, 0.3) is 5.91 Å². The average Bonchev–Trinajstić information content (AvgIpc) is 3.12. The average molecular weight is 455 g/mol. The van der Waals surface area contributed by atoms with Crippen molar-refractivity contribution in [2.24, 2.45) is 5.73 Å². The molecule has 0 fully saturated rings. The number of carbonyl (C=O) groups excluding carboxylic acids is 2. The second-order valence-corrected chi connectivity index (χ2v) is 8.23. The van der Waals surface area contributed by atoms with Gasteiger partial charge in [-0.25, -0.2) is 0 Å². The molecule has 0 saturated heterocycles. The van der Waals surface area contributed by atoms with E-state index in [1.807, 2.05) is 43.3 Å². The molecule has 3 N–H and O–H groups in total. The molecule has 0 aliphatic rings. The Morgan fingerprint density at radius 1 is 0.969 bits per heavy atom. The summed E-state index contributed by atoms with van der Waals surface area (Å²) in [6, 6.07) is 13.1. The lowest BCUT2D eigenvalue weighted by Gasteiger charge is -2.15. The first-order chi connectivity index (χ1) is 15.4. The van der Waals surface area contributed by atoms with Crippen LogP contribution in [0.25, 0.3) is 11.1 Å². The maximum absolute atomic E-state index is 12.7. The lowest BCUT2D eigenvalue weighted by atomic mass is 10.0. The van der Waals surface area contributed by atoms with Gasteiger partial charge in [-0.1, -0.05) is 36.4 Å². The largest absolute Gasteiger partial charge is 0.493 e. The third-order valence-electron chi connectivity index (χ3n) is 5.05. The number of carbonyl (C=O) groups is 2. The highest BCUT2D eigenvalue weighted by molar-refractivity contribution is 7.17. The van der Waals surface area contributed by atoms with Gasteiger partial charge in [-0.05, 0) is 30.5 Å². The highest BCUT2D eigenvalue weighted by Crippen LogP contribution is 2.41. The fourth-order valence-electron chi connectivity index (χ4n) is 3.62. The molecule has 0 aliphatic carbocycles. The SMILES string of the molecule is COc1ccc(CCC(=O)Nc2sc(C)c(-c3ccccc3)c2C(N)=O)c(OC)c1OC. The third kappa shape index (κ3) is 4.70. The molecule has 0 spiro atoms. The first-order valence-electron chi connectivity index (χ1n) is 9.97. The summed E-state index contributed by atoms with van der Waals surface area (Å²) in [6.45, 7) is 1.91. The second-order valence-electron chi connectivity index (χ2n) is 7.01. The van der Waals surface area contributed by atoms with E-state index in [4.69, 9.17) is 19.9 Å². The van der Waals surface area contributed by atoms with Gasteiger partial charge in [-0.2, -0.15) is 0 Å². The van der Waals surface area contributed by atoms with E-state index in [0.717, 1.165) is 21.6 Å². The monoisotopic (exact) mass is 454 g/mol. The lowest BCUT2D eigenvalue weighted by molar-refractivity contribution is -0.116. The van der Waals surface area contributed by atoms with Gasteiger partial charge < -0.3 is 25.3 Å². The van der Waals surface area contributed by atoms with E-state index in [1.165, 1.54) is 18.4 Å². The molecule has 3 aromatic rings. The van der Waals surface area contributed by atoms with E-state index < -0.39 is 5.91 Å². The molecule has 3 rings (SSSR count). The Bertz CT molecular complexity index is 1130. The Morgan fingerprint density at radius 2 is 1.66 bits per heavy atom. The van der Waals surface area contributed by atoms with Gasteiger partial charge in [0, 0.05) is 16.9 Å². The summed E-state index contributed by atoms with van der Waals surface area (Å²) in [6.07, 6.45) is 0.596. The van der Waals surface area contributed by atoms with Crippen molar-refractivity contribution in [1.29, 1.82) is 0 Å². The van der Waals surface area contributed by atoms with Crippen molar-refractivity contribution in [2.45, 2.75) is 19.8 Å². The fraction of sp³-hybridized carbons (Fsp3) is 0.250. The molecular weight excluding hydrogens is 428 g/mol. The van der Waals surface area contributed by atoms with Gasteiger partial charge in [0.15, 0.2) is 11.5 Å². The van der Waals surface area contributed by atoms with Crippen molar-refractivity contribution < 1.29 is 23.8 Å². The number of amides is 2. The molecule has 0 bridgehead atoms. The number of methoxy groups -OCH3 is 3. The smallest absolute Gasteiger partial charge is 0.252 e. The Labute approximate surface area is 191 Å².